The van der Waals surface area contributed by atoms with Crippen LogP contribution in [0, 0.1) is 12.3 Å². The Bertz CT molecular complexity index is 541. The van der Waals surface area contributed by atoms with Crippen LogP contribution in [0.4, 0.5) is 0 Å². The van der Waals surface area contributed by atoms with E-state index in [9.17, 15) is 14.7 Å². The average Bonchev–Trinajstić information content (AvgIpc) is 2.64. The van der Waals surface area contributed by atoms with Gasteiger partial charge in [0.05, 0.1) is 12.3 Å². The molecule has 6 nitrogen and oxygen atoms in total. The second-order valence-corrected chi connectivity index (χ2v) is 5.37. The Morgan fingerprint density at radius 3 is 2.43 bits per heavy atom. The van der Waals surface area contributed by atoms with Gasteiger partial charge in [-0.3, -0.25) is 14.3 Å². The number of halogens is 1. The first-order valence-electron chi connectivity index (χ1n) is 6.88. The number of carbonyl (C=O) groups excluding carboxylic acids is 1. The van der Waals surface area contributed by atoms with Gasteiger partial charge in [-0.1, -0.05) is 24.9 Å². The van der Waals surface area contributed by atoms with Gasteiger partial charge < -0.3 is 9.84 Å². The summed E-state index contributed by atoms with van der Waals surface area (Å²) in [5.74, 6) is -1.92. The lowest BCUT2D eigenvalue weighted by Gasteiger charge is -2.26. The van der Waals surface area contributed by atoms with Gasteiger partial charge in [0.15, 0.2) is 5.41 Å². The van der Waals surface area contributed by atoms with E-state index in [0.29, 0.717) is 22.8 Å². The molecule has 0 fully saturated rings. The fourth-order valence-electron chi connectivity index (χ4n) is 2.40. The van der Waals surface area contributed by atoms with Gasteiger partial charge in [0.2, 0.25) is 0 Å². The summed E-state index contributed by atoms with van der Waals surface area (Å²) >= 11 is 6.16. The SMILES string of the molecule is CCCC(Cc1c(C)nn(C)c1Cl)(C(=O)O)C(=O)OCC. The second-order valence-electron chi connectivity index (χ2n) is 5.01. The molecule has 1 atom stereocenters. The summed E-state index contributed by atoms with van der Waals surface area (Å²) < 4.78 is 6.46. The third kappa shape index (κ3) is 3.37. The predicted octanol–water partition coefficient (Wildman–Crippen LogP) is 2.36. The van der Waals surface area contributed by atoms with E-state index in [0.717, 1.165) is 0 Å². The molecule has 21 heavy (non-hydrogen) atoms. The summed E-state index contributed by atoms with van der Waals surface area (Å²) in [5, 5.41) is 14.1. The molecule has 0 amide bonds. The van der Waals surface area contributed by atoms with E-state index in [1.54, 1.807) is 20.9 Å². The molecule has 0 bridgehead atoms. The minimum absolute atomic E-state index is 0.0203. The molecule has 0 saturated heterocycles. The van der Waals surface area contributed by atoms with Gasteiger partial charge in [0.25, 0.3) is 0 Å². The van der Waals surface area contributed by atoms with Crippen molar-refractivity contribution < 1.29 is 19.4 Å². The molecule has 1 rings (SSSR count). The zero-order valence-corrected chi connectivity index (χ0v) is 13.5. The molecule has 0 aliphatic rings. The minimum Gasteiger partial charge on any atom is -0.480 e. The predicted molar refractivity (Wildman–Crippen MR) is 78.3 cm³/mol. The van der Waals surface area contributed by atoms with Crippen LogP contribution in [0.25, 0.3) is 0 Å². The Morgan fingerprint density at radius 1 is 1.43 bits per heavy atom. The molecule has 0 aromatic carbocycles. The van der Waals surface area contributed by atoms with Gasteiger partial charge in [-0.05, 0) is 20.3 Å². The van der Waals surface area contributed by atoms with Crippen LogP contribution in [0.1, 0.15) is 37.9 Å². The number of carboxylic acids is 1. The van der Waals surface area contributed by atoms with E-state index in [-0.39, 0.29) is 19.4 Å². The van der Waals surface area contributed by atoms with Crippen molar-refractivity contribution in [3.05, 3.63) is 16.4 Å². The van der Waals surface area contributed by atoms with Gasteiger partial charge in [-0.25, -0.2) is 0 Å². The van der Waals surface area contributed by atoms with Crippen molar-refractivity contribution in [3.8, 4) is 0 Å². The quantitative estimate of drug-likeness (QED) is 0.617. The summed E-state index contributed by atoms with van der Waals surface area (Å²) in [6.45, 7) is 5.36. The Kier molecular flexibility index (Phi) is 5.78. The number of ether oxygens (including phenoxy) is 1. The number of esters is 1. The fraction of sp³-hybridized carbons (Fsp3) is 0.643. The Hall–Kier alpha value is -1.56. The van der Waals surface area contributed by atoms with E-state index < -0.39 is 17.4 Å². The molecule has 0 aliphatic carbocycles. The Labute approximate surface area is 129 Å². The van der Waals surface area contributed by atoms with E-state index in [1.807, 2.05) is 6.92 Å². The van der Waals surface area contributed by atoms with E-state index in [1.165, 1.54) is 4.68 Å². The summed E-state index contributed by atoms with van der Waals surface area (Å²) in [7, 11) is 1.67. The number of rotatable bonds is 7. The number of carbonyl (C=O) groups is 2. The molecule has 1 unspecified atom stereocenters. The first kappa shape index (κ1) is 17.5. The summed E-state index contributed by atoms with van der Waals surface area (Å²) in [6.07, 6.45) is 0.710. The third-order valence-electron chi connectivity index (χ3n) is 3.50. The normalized spacial score (nSPS) is 13.8. The number of aryl methyl sites for hydroxylation is 2. The van der Waals surface area contributed by atoms with Gasteiger partial charge >= 0.3 is 11.9 Å². The molecule has 0 radical (unpaired) electrons. The highest BCUT2D eigenvalue weighted by Crippen LogP contribution is 2.34. The van der Waals surface area contributed by atoms with Gasteiger partial charge in [0.1, 0.15) is 5.15 Å². The first-order valence-corrected chi connectivity index (χ1v) is 7.26. The van der Waals surface area contributed by atoms with Crippen molar-refractivity contribution in [1.82, 2.24) is 9.78 Å². The minimum atomic E-state index is -1.62. The van der Waals surface area contributed by atoms with Crippen LogP contribution in [0.3, 0.4) is 0 Å². The third-order valence-corrected chi connectivity index (χ3v) is 3.97. The molecule has 1 aromatic heterocycles. The largest absolute Gasteiger partial charge is 0.480 e. The van der Waals surface area contributed by atoms with Crippen LogP contribution in [0.2, 0.25) is 5.15 Å². The van der Waals surface area contributed by atoms with Crippen molar-refractivity contribution in [2.45, 2.75) is 40.0 Å². The molecule has 0 spiro atoms. The van der Waals surface area contributed by atoms with Crippen LogP contribution >= 0.6 is 11.6 Å². The summed E-state index contributed by atoms with van der Waals surface area (Å²) in [5.41, 5.74) is -0.432. The van der Waals surface area contributed by atoms with Crippen molar-refractivity contribution in [3.63, 3.8) is 0 Å². The number of aliphatic carboxylic acids is 1. The molecule has 1 N–H and O–H groups in total. The number of aromatic nitrogens is 2. The summed E-state index contributed by atoms with van der Waals surface area (Å²) in [6, 6.07) is 0. The average molecular weight is 317 g/mol. The molecular formula is C14H21ClN2O4. The number of hydrogen-bond donors (Lipinski definition) is 1. The van der Waals surface area contributed by atoms with Crippen molar-refractivity contribution in [1.29, 1.82) is 0 Å². The van der Waals surface area contributed by atoms with Crippen LogP contribution < -0.4 is 0 Å². The lowest BCUT2D eigenvalue weighted by atomic mass is 9.78. The van der Waals surface area contributed by atoms with Crippen LogP contribution in [0.5, 0.6) is 0 Å². The number of carboxylic acid groups (broad SMARTS) is 1. The van der Waals surface area contributed by atoms with E-state index in [4.69, 9.17) is 16.3 Å². The van der Waals surface area contributed by atoms with Gasteiger partial charge in [-0.2, -0.15) is 5.10 Å². The Balaban J connectivity index is 3.29. The molecule has 0 aliphatic heterocycles. The monoisotopic (exact) mass is 316 g/mol. The molecule has 0 saturated carbocycles. The maximum absolute atomic E-state index is 12.3. The van der Waals surface area contributed by atoms with Crippen LogP contribution in [-0.4, -0.2) is 33.4 Å². The van der Waals surface area contributed by atoms with Gasteiger partial charge in [-0.15, -0.1) is 0 Å². The maximum atomic E-state index is 12.3. The molecule has 1 aromatic rings. The highest BCUT2D eigenvalue weighted by atomic mass is 35.5. The highest BCUT2D eigenvalue weighted by molar-refractivity contribution is 6.30. The van der Waals surface area contributed by atoms with E-state index >= 15 is 0 Å². The van der Waals surface area contributed by atoms with E-state index in [2.05, 4.69) is 5.10 Å². The smallest absolute Gasteiger partial charge is 0.323 e. The van der Waals surface area contributed by atoms with Crippen molar-refractivity contribution >= 4 is 23.5 Å². The second kappa shape index (κ2) is 6.93. The topological polar surface area (TPSA) is 81.4 Å². The van der Waals surface area contributed by atoms with Gasteiger partial charge in [0, 0.05) is 19.0 Å². The lowest BCUT2D eigenvalue weighted by Crippen LogP contribution is -2.42. The molecule has 1 heterocycles. The van der Waals surface area contributed by atoms with Crippen LogP contribution in [0.15, 0.2) is 0 Å². The maximum Gasteiger partial charge on any atom is 0.323 e. The van der Waals surface area contributed by atoms with Crippen molar-refractivity contribution in [2.75, 3.05) is 6.61 Å². The Morgan fingerprint density at radius 2 is 2.05 bits per heavy atom. The highest BCUT2D eigenvalue weighted by Gasteiger charge is 2.48. The number of hydrogen-bond acceptors (Lipinski definition) is 4. The molecule has 7 heteroatoms. The fourth-order valence-corrected chi connectivity index (χ4v) is 2.65. The van der Waals surface area contributed by atoms with Crippen LogP contribution in [-0.2, 0) is 27.8 Å². The summed E-state index contributed by atoms with van der Waals surface area (Å²) in [4.78, 5) is 24.0. The zero-order chi connectivity index (χ0) is 16.2. The molecular weight excluding hydrogens is 296 g/mol. The lowest BCUT2D eigenvalue weighted by molar-refractivity contribution is -0.169. The molecule has 118 valence electrons. The standard InChI is InChI=1S/C14H21ClN2O4/c1-5-7-14(12(18)19,13(20)21-6-2)8-10-9(3)16-17(4)11(10)15/h5-8H2,1-4H3,(H,18,19). The zero-order valence-electron chi connectivity index (χ0n) is 12.8. The van der Waals surface area contributed by atoms with Crippen molar-refractivity contribution in [2.24, 2.45) is 12.5 Å². The number of nitrogens with zero attached hydrogens (tertiary/aromatic N) is 2. The first-order chi connectivity index (χ1) is 9.80.